The van der Waals surface area contributed by atoms with E-state index >= 15 is 0 Å². The van der Waals surface area contributed by atoms with Crippen LogP contribution in [0.25, 0.3) is 0 Å². The molecule has 0 spiro atoms. The first-order valence-corrected chi connectivity index (χ1v) is 6.26. The largest absolute Gasteiger partial charge is 0.308 e. The molecule has 0 aliphatic rings. The molecule has 0 radical (unpaired) electrons. The summed E-state index contributed by atoms with van der Waals surface area (Å²) in [7, 11) is 5.70. The summed E-state index contributed by atoms with van der Waals surface area (Å²) >= 11 is 6.07. The van der Waals surface area contributed by atoms with Gasteiger partial charge in [0.15, 0.2) is 0 Å². The Kier molecular flexibility index (Phi) is 4.01. The normalized spacial score (nSPS) is 11.2. The number of nitrogens with zero attached hydrogens (tertiary/aromatic N) is 5. The van der Waals surface area contributed by atoms with Crippen LogP contribution in [0.5, 0.6) is 0 Å². The Balaban J connectivity index is 2.28. The molecule has 0 bridgehead atoms. The van der Waals surface area contributed by atoms with Crippen LogP contribution < -0.4 is 0 Å². The van der Waals surface area contributed by atoms with Gasteiger partial charge in [0.25, 0.3) is 0 Å². The monoisotopic (exact) mass is 281 g/mol. The van der Waals surface area contributed by atoms with Crippen molar-refractivity contribution >= 4 is 17.4 Å². The van der Waals surface area contributed by atoms with Gasteiger partial charge in [-0.15, -0.1) is 0 Å². The minimum absolute atomic E-state index is 0.158. The fraction of sp³-hybridized carbons (Fsp3) is 0.417. The highest BCUT2D eigenvalue weighted by molar-refractivity contribution is 6.34. The van der Waals surface area contributed by atoms with Gasteiger partial charge in [0.05, 0.1) is 29.5 Å². The first-order valence-electron chi connectivity index (χ1n) is 5.88. The Morgan fingerprint density at radius 1 is 1.37 bits per heavy atom. The third-order valence-corrected chi connectivity index (χ3v) is 3.01. The van der Waals surface area contributed by atoms with Crippen LogP contribution in [0.3, 0.4) is 0 Å². The molecule has 0 amide bonds. The third kappa shape index (κ3) is 3.02. The number of carbonyl (C=O) groups excluding carboxylic acids is 1. The van der Waals surface area contributed by atoms with Gasteiger partial charge in [-0.25, -0.2) is 0 Å². The van der Waals surface area contributed by atoms with Crippen molar-refractivity contribution in [2.75, 3.05) is 20.6 Å². The summed E-state index contributed by atoms with van der Waals surface area (Å²) < 4.78 is 3.22. The Hall–Kier alpha value is -1.66. The van der Waals surface area contributed by atoms with E-state index in [1.807, 2.05) is 19.0 Å². The van der Waals surface area contributed by atoms with E-state index in [0.29, 0.717) is 22.8 Å². The molecule has 0 aliphatic heterocycles. The Morgan fingerprint density at radius 3 is 2.68 bits per heavy atom. The van der Waals surface area contributed by atoms with Crippen LogP contribution >= 0.6 is 11.6 Å². The van der Waals surface area contributed by atoms with Gasteiger partial charge in [-0.2, -0.15) is 10.2 Å². The van der Waals surface area contributed by atoms with Crippen LogP contribution in [0.15, 0.2) is 18.6 Å². The number of aromatic nitrogens is 4. The summed E-state index contributed by atoms with van der Waals surface area (Å²) in [5.41, 5.74) is 0.924. The molecule has 0 fully saturated rings. The fourth-order valence-corrected chi connectivity index (χ4v) is 1.95. The van der Waals surface area contributed by atoms with Crippen LogP contribution in [-0.4, -0.2) is 50.9 Å². The van der Waals surface area contributed by atoms with Gasteiger partial charge in [-0.1, -0.05) is 11.6 Å². The molecule has 0 aromatic carbocycles. The minimum atomic E-state index is -0.158. The molecule has 0 N–H and O–H groups in total. The van der Waals surface area contributed by atoms with Gasteiger partial charge in [0.1, 0.15) is 5.69 Å². The highest BCUT2D eigenvalue weighted by Crippen LogP contribution is 2.19. The van der Waals surface area contributed by atoms with Crippen molar-refractivity contribution in [2.45, 2.75) is 6.54 Å². The predicted octanol–water partition coefficient (Wildman–Crippen LogP) is 1.06. The van der Waals surface area contributed by atoms with E-state index in [0.717, 1.165) is 6.54 Å². The van der Waals surface area contributed by atoms with Crippen LogP contribution in [-0.2, 0) is 13.6 Å². The number of halogens is 1. The third-order valence-electron chi connectivity index (χ3n) is 2.74. The first kappa shape index (κ1) is 13.8. The molecule has 6 nitrogen and oxygen atoms in total. The lowest BCUT2D eigenvalue weighted by Gasteiger charge is -2.11. The summed E-state index contributed by atoms with van der Waals surface area (Å²) in [6, 6.07) is 0. The van der Waals surface area contributed by atoms with Crippen molar-refractivity contribution in [1.29, 1.82) is 0 Å². The van der Waals surface area contributed by atoms with Gasteiger partial charge >= 0.3 is 0 Å². The molecule has 0 saturated heterocycles. The summed E-state index contributed by atoms with van der Waals surface area (Å²) in [6.07, 6.45) is 4.70. The topological polar surface area (TPSA) is 56.0 Å². The average Bonchev–Trinajstić information content (AvgIpc) is 2.92. The van der Waals surface area contributed by atoms with E-state index in [1.165, 1.54) is 12.4 Å². The lowest BCUT2D eigenvalue weighted by atomic mass is 10.2. The van der Waals surface area contributed by atoms with E-state index in [9.17, 15) is 4.79 Å². The zero-order chi connectivity index (χ0) is 14.0. The maximum atomic E-state index is 12.4. The van der Waals surface area contributed by atoms with Gasteiger partial charge in [-0.05, 0) is 14.1 Å². The quantitative estimate of drug-likeness (QED) is 0.769. The molecule has 0 saturated carbocycles. The molecule has 0 unspecified atom stereocenters. The van der Waals surface area contributed by atoms with E-state index in [-0.39, 0.29) is 5.78 Å². The molecular weight excluding hydrogens is 266 g/mol. The first-order chi connectivity index (χ1) is 8.99. The number of ketones is 1. The van der Waals surface area contributed by atoms with Crippen molar-refractivity contribution < 1.29 is 4.79 Å². The molecule has 2 aromatic rings. The average molecular weight is 282 g/mol. The predicted molar refractivity (Wildman–Crippen MR) is 72.4 cm³/mol. The zero-order valence-corrected chi connectivity index (χ0v) is 11.9. The second-order valence-electron chi connectivity index (χ2n) is 4.60. The minimum Gasteiger partial charge on any atom is -0.308 e. The molecule has 102 valence electrons. The summed E-state index contributed by atoms with van der Waals surface area (Å²) in [6.45, 7) is 1.40. The SMILES string of the molecule is CN(C)CCn1ncc(Cl)c1C(=O)c1cnn(C)c1. The zero-order valence-electron chi connectivity index (χ0n) is 11.2. The van der Waals surface area contributed by atoms with Crippen molar-refractivity contribution in [3.05, 3.63) is 34.9 Å². The number of aryl methyl sites for hydroxylation is 1. The van der Waals surface area contributed by atoms with E-state index < -0.39 is 0 Å². The van der Waals surface area contributed by atoms with Crippen molar-refractivity contribution in [3.8, 4) is 0 Å². The Labute approximate surface area is 116 Å². The lowest BCUT2D eigenvalue weighted by Crippen LogP contribution is -2.21. The van der Waals surface area contributed by atoms with Crippen molar-refractivity contribution in [2.24, 2.45) is 7.05 Å². The highest BCUT2D eigenvalue weighted by Gasteiger charge is 2.20. The molecular formula is C12H16ClN5O. The maximum Gasteiger partial charge on any atom is 0.215 e. The second kappa shape index (κ2) is 5.54. The van der Waals surface area contributed by atoms with E-state index in [2.05, 4.69) is 10.2 Å². The van der Waals surface area contributed by atoms with Gasteiger partial charge in [0, 0.05) is 19.8 Å². The van der Waals surface area contributed by atoms with Crippen LogP contribution in [0.1, 0.15) is 16.1 Å². The molecule has 7 heteroatoms. The number of hydrogen-bond acceptors (Lipinski definition) is 4. The number of hydrogen-bond donors (Lipinski definition) is 0. The Morgan fingerprint density at radius 2 is 2.11 bits per heavy atom. The van der Waals surface area contributed by atoms with Gasteiger partial charge in [-0.3, -0.25) is 14.2 Å². The number of likely N-dealkylation sites (N-methyl/N-ethyl adjacent to an activating group) is 1. The van der Waals surface area contributed by atoms with Crippen molar-refractivity contribution in [1.82, 2.24) is 24.5 Å². The van der Waals surface area contributed by atoms with Crippen molar-refractivity contribution in [3.63, 3.8) is 0 Å². The molecule has 0 aliphatic carbocycles. The second-order valence-corrected chi connectivity index (χ2v) is 5.01. The Bertz CT molecular complexity index is 587. The van der Waals surface area contributed by atoms with Gasteiger partial charge < -0.3 is 4.90 Å². The molecule has 2 rings (SSSR count). The van der Waals surface area contributed by atoms with E-state index in [4.69, 9.17) is 11.6 Å². The molecule has 2 aromatic heterocycles. The summed E-state index contributed by atoms with van der Waals surface area (Å²) in [4.78, 5) is 14.4. The fourth-order valence-electron chi connectivity index (χ4n) is 1.73. The van der Waals surface area contributed by atoms with Crippen LogP contribution in [0, 0.1) is 0 Å². The number of carbonyl (C=O) groups is 1. The van der Waals surface area contributed by atoms with Gasteiger partial charge in [0.2, 0.25) is 5.78 Å². The standard InChI is InChI=1S/C12H16ClN5O/c1-16(2)4-5-18-11(10(13)7-15-18)12(19)9-6-14-17(3)8-9/h6-8H,4-5H2,1-3H3. The van der Waals surface area contributed by atoms with Crippen LogP contribution in [0.2, 0.25) is 5.02 Å². The number of rotatable bonds is 5. The molecule has 2 heterocycles. The summed E-state index contributed by atoms with van der Waals surface area (Å²) in [5.74, 6) is -0.158. The van der Waals surface area contributed by atoms with E-state index in [1.54, 1.807) is 22.6 Å². The molecule has 19 heavy (non-hydrogen) atoms. The maximum absolute atomic E-state index is 12.4. The highest BCUT2D eigenvalue weighted by atomic mass is 35.5. The lowest BCUT2D eigenvalue weighted by molar-refractivity contribution is 0.102. The van der Waals surface area contributed by atoms with Crippen LogP contribution in [0.4, 0.5) is 0 Å². The smallest absolute Gasteiger partial charge is 0.215 e. The molecule has 0 atom stereocenters. The summed E-state index contributed by atoms with van der Waals surface area (Å²) in [5, 5.41) is 8.52.